The Hall–Kier alpha value is -2.56. The van der Waals surface area contributed by atoms with Crippen molar-refractivity contribution < 1.29 is 4.79 Å². The Kier molecular flexibility index (Phi) is 3.84. The number of rotatable bonds is 3. The van der Waals surface area contributed by atoms with Crippen LogP contribution in [0, 0.1) is 0 Å². The highest BCUT2D eigenvalue weighted by atomic mass is 16.2. The second kappa shape index (κ2) is 6.15. The third-order valence-electron chi connectivity index (χ3n) is 4.92. The van der Waals surface area contributed by atoms with Crippen LogP contribution < -0.4 is 0 Å². The molecule has 0 saturated carbocycles. The van der Waals surface area contributed by atoms with E-state index in [0.29, 0.717) is 11.6 Å². The number of hydrogen-bond acceptors (Lipinski definition) is 2. The summed E-state index contributed by atoms with van der Waals surface area (Å²) < 4.78 is 2.18. The Labute approximate surface area is 141 Å². The summed E-state index contributed by atoms with van der Waals surface area (Å²) >= 11 is 0. The largest absolute Gasteiger partial charge is 0.351 e. The van der Waals surface area contributed by atoms with E-state index in [-0.39, 0.29) is 5.91 Å². The summed E-state index contributed by atoms with van der Waals surface area (Å²) in [4.78, 5) is 22.7. The first-order valence-corrected chi connectivity index (χ1v) is 8.64. The van der Waals surface area contributed by atoms with Gasteiger partial charge in [0.2, 0.25) is 0 Å². The van der Waals surface area contributed by atoms with Gasteiger partial charge in [0.25, 0.3) is 5.91 Å². The Morgan fingerprint density at radius 1 is 1.38 bits per heavy atom. The second-order valence-electron chi connectivity index (χ2n) is 6.43. The van der Waals surface area contributed by atoms with Crippen molar-refractivity contribution in [3.8, 4) is 0 Å². The maximum atomic E-state index is 12.9. The first kappa shape index (κ1) is 15.0. The van der Waals surface area contributed by atoms with Gasteiger partial charge in [-0.3, -0.25) is 4.79 Å². The molecule has 1 saturated heterocycles. The van der Waals surface area contributed by atoms with Gasteiger partial charge in [-0.05, 0) is 31.9 Å². The van der Waals surface area contributed by atoms with Crippen molar-refractivity contribution in [2.45, 2.75) is 32.2 Å². The predicted molar refractivity (Wildman–Crippen MR) is 94.1 cm³/mol. The Bertz CT molecular complexity index is 830. The Balaban J connectivity index is 1.56. The van der Waals surface area contributed by atoms with Gasteiger partial charge in [0.15, 0.2) is 0 Å². The molecule has 5 heteroatoms. The molecule has 24 heavy (non-hydrogen) atoms. The zero-order valence-electron chi connectivity index (χ0n) is 13.9. The first-order chi connectivity index (χ1) is 11.8. The first-order valence-electron chi connectivity index (χ1n) is 8.64. The third-order valence-corrected chi connectivity index (χ3v) is 4.92. The molecule has 0 bridgehead atoms. The smallest absolute Gasteiger partial charge is 0.270 e. The molecule has 2 aromatic heterocycles. The fraction of sp³-hybridized carbons (Fsp3) is 0.368. The van der Waals surface area contributed by atoms with E-state index >= 15 is 0 Å². The number of aromatic nitrogens is 3. The molecule has 1 aromatic carbocycles. The van der Waals surface area contributed by atoms with Gasteiger partial charge in [0, 0.05) is 48.8 Å². The van der Waals surface area contributed by atoms with E-state index in [1.165, 1.54) is 0 Å². The SMILES string of the molecule is CCn1ccnc1[C@@H]1CCCN(C(=O)c2cc3ccccc3[nH]2)C1. The fourth-order valence-electron chi connectivity index (χ4n) is 3.68. The minimum atomic E-state index is 0.0884. The lowest BCUT2D eigenvalue weighted by atomic mass is 9.97. The number of amides is 1. The molecular weight excluding hydrogens is 300 g/mol. The lowest BCUT2D eigenvalue weighted by molar-refractivity contribution is 0.0698. The number of hydrogen-bond donors (Lipinski definition) is 1. The van der Waals surface area contributed by atoms with Gasteiger partial charge in [0.05, 0.1) is 0 Å². The van der Waals surface area contributed by atoms with E-state index in [1.54, 1.807) is 0 Å². The van der Waals surface area contributed by atoms with Crippen molar-refractivity contribution in [2.75, 3.05) is 13.1 Å². The lowest BCUT2D eigenvalue weighted by Crippen LogP contribution is -2.39. The molecule has 1 aliphatic heterocycles. The molecule has 3 aromatic rings. The number of carbonyl (C=O) groups is 1. The number of nitrogens with zero attached hydrogens (tertiary/aromatic N) is 3. The van der Waals surface area contributed by atoms with Crippen LogP contribution in [0.15, 0.2) is 42.7 Å². The number of H-pyrrole nitrogens is 1. The molecule has 3 heterocycles. The quantitative estimate of drug-likeness (QED) is 0.803. The summed E-state index contributed by atoms with van der Waals surface area (Å²) in [5, 5.41) is 1.08. The normalized spacial score (nSPS) is 18.2. The van der Waals surface area contributed by atoms with Crippen LogP contribution in [0.25, 0.3) is 10.9 Å². The maximum absolute atomic E-state index is 12.9. The van der Waals surface area contributed by atoms with Crippen LogP contribution in [0.4, 0.5) is 0 Å². The standard InChI is InChI=1S/C19H22N4O/c1-2-22-11-9-20-18(22)15-7-5-10-23(13-15)19(24)17-12-14-6-3-4-8-16(14)21-17/h3-4,6,8-9,11-12,15,21H,2,5,7,10,13H2,1H3/t15-/m1/s1. The van der Waals surface area contributed by atoms with Crippen molar-refractivity contribution in [1.82, 2.24) is 19.4 Å². The zero-order valence-corrected chi connectivity index (χ0v) is 13.9. The van der Waals surface area contributed by atoms with E-state index in [9.17, 15) is 4.79 Å². The van der Waals surface area contributed by atoms with Gasteiger partial charge >= 0.3 is 0 Å². The number of aryl methyl sites for hydroxylation is 1. The summed E-state index contributed by atoms with van der Waals surface area (Å²) in [6.45, 7) is 4.60. The van der Waals surface area contributed by atoms with Crippen LogP contribution in [0.5, 0.6) is 0 Å². The average molecular weight is 322 g/mol. The number of likely N-dealkylation sites (tertiary alicyclic amines) is 1. The van der Waals surface area contributed by atoms with Gasteiger partial charge < -0.3 is 14.5 Å². The van der Waals surface area contributed by atoms with E-state index in [4.69, 9.17) is 0 Å². The van der Waals surface area contributed by atoms with Gasteiger partial charge in [-0.15, -0.1) is 0 Å². The highest BCUT2D eigenvalue weighted by Crippen LogP contribution is 2.27. The highest BCUT2D eigenvalue weighted by molar-refractivity contribution is 5.98. The average Bonchev–Trinajstić information content (AvgIpc) is 3.27. The topological polar surface area (TPSA) is 53.9 Å². The summed E-state index contributed by atoms with van der Waals surface area (Å²) in [5.41, 5.74) is 1.69. The van der Waals surface area contributed by atoms with Gasteiger partial charge in [-0.2, -0.15) is 0 Å². The third kappa shape index (κ3) is 2.60. The van der Waals surface area contributed by atoms with E-state index in [1.807, 2.05) is 47.6 Å². The number of para-hydroxylation sites is 1. The minimum absolute atomic E-state index is 0.0884. The molecule has 4 rings (SSSR count). The molecule has 0 spiro atoms. The van der Waals surface area contributed by atoms with Crippen LogP contribution in [0.3, 0.4) is 0 Å². The fourth-order valence-corrected chi connectivity index (χ4v) is 3.68. The monoisotopic (exact) mass is 322 g/mol. The molecule has 1 aliphatic rings. The van der Waals surface area contributed by atoms with E-state index < -0.39 is 0 Å². The molecule has 1 atom stereocenters. The van der Waals surface area contributed by atoms with Crippen LogP contribution in [0.1, 0.15) is 42.0 Å². The van der Waals surface area contributed by atoms with Crippen molar-refractivity contribution in [3.63, 3.8) is 0 Å². The molecule has 1 fully saturated rings. The van der Waals surface area contributed by atoms with E-state index in [2.05, 4.69) is 21.5 Å². The molecule has 5 nitrogen and oxygen atoms in total. The maximum Gasteiger partial charge on any atom is 0.270 e. The van der Waals surface area contributed by atoms with Gasteiger partial charge in [0.1, 0.15) is 11.5 Å². The number of piperidine rings is 1. The van der Waals surface area contributed by atoms with Crippen molar-refractivity contribution in [2.24, 2.45) is 0 Å². The number of aromatic amines is 1. The number of benzene rings is 1. The van der Waals surface area contributed by atoms with Crippen LogP contribution in [-0.2, 0) is 6.54 Å². The second-order valence-corrected chi connectivity index (χ2v) is 6.43. The number of imidazole rings is 1. The highest BCUT2D eigenvalue weighted by Gasteiger charge is 2.28. The summed E-state index contributed by atoms with van der Waals surface area (Å²) in [7, 11) is 0. The van der Waals surface area contributed by atoms with Crippen molar-refractivity contribution in [1.29, 1.82) is 0 Å². The van der Waals surface area contributed by atoms with Crippen LogP contribution in [-0.4, -0.2) is 38.4 Å². The van der Waals surface area contributed by atoms with E-state index in [0.717, 1.165) is 49.2 Å². The molecule has 124 valence electrons. The zero-order chi connectivity index (χ0) is 16.5. The molecule has 1 amide bonds. The van der Waals surface area contributed by atoms with Gasteiger partial charge in [-0.25, -0.2) is 4.98 Å². The summed E-state index contributed by atoms with van der Waals surface area (Å²) in [5.74, 6) is 1.51. The summed E-state index contributed by atoms with van der Waals surface area (Å²) in [6, 6.07) is 9.96. The van der Waals surface area contributed by atoms with Crippen molar-refractivity contribution >= 4 is 16.8 Å². The number of nitrogens with one attached hydrogen (secondary N) is 1. The Morgan fingerprint density at radius 3 is 3.08 bits per heavy atom. The molecular formula is C19H22N4O. The Morgan fingerprint density at radius 2 is 2.25 bits per heavy atom. The minimum Gasteiger partial charge on any atom is -0.351 e. The molecule has 0 radical (unpaired) electrons. The predicted octanol–water partition coefficient (Wildman–Crippen LogP) is 3.40. The van der Waals surface area contributed by atoms with Gasteiger partial charge in [-0.1, -0.05) is 18.2 Å². The van der Waals surface area contributed by atoms with Crippen LogP contribution in [0.2, 0.25) is 0 Å². The lowest BCUT2D eigenvalue weighted by Gasteiger charge is -2.32. The molecule has 1 N–H and O–H groups in total. The molecule has 0 unspecified atom stereocenters. The van der Waals surface area contributed by atoms with Crippen molar-refractivity contribution in [3.05, 3.63) is 54.2 Å². The van der Waals surface area contributed by atoms with Crippen LogP contribution >= 0.6 is 0 Å². The number of carbonyl (C=O) groups excluding carboxylic acids is 1. The molecule has 0 aliphatic carbocycles. The number of fused-ring (bicyclic) bond motifs is 1. The summed E-state index contributed by atoms with van der Waals surface area (Å²) in [6.07, 6.45) is 5.99.